The minimum Gasteiger partial charge on any atom is -0.376 e. The lowest BCUT2D eigenvalue weighted by Gasteiger charge is -2.29. The highest BCUT2D eigenvalue weighted by atomic mass is 16.6. The summed E-state index contributed by atoms with van der Waals surface area (Å²) in [5.74, 6) is 0. The number of nitrogens with zero attached hydrogens (tertiary/aromatic N) is 3. The van der Waals surface area contributed by atoms with Crippen LogP contribution in [0.4, 0.5) is 11.4 Å². The summed E-state index contributed by atoms with van der Waals surface area (Å²) in [4.78, 5) is 16.7. The Morgan fingerprint density at radius 3 is 2.89 bits per heavy atom. The zero-order valence-electron chi connectivity index (χ0n) is 11.2. The molecule has 0 aromatic carbocycles. The van der Waals surface area contributed by atoms with Crippen LogP contribution < -0.4 is 5.32 Å². The van der Waals surface area contributed by atoms with E-state index < -0.39 is 4.92 Å². The number of piperidine rings is 1. The average molecular weight is 264 g/mol. The molecular formula is C13H20N4O2. The molecule has 2 rings (SSSR count). The van der Waals surface area contributed by atoms with Crippen molar-refractivity contribution < 1.29 is 4.92 Å². The monoisotopic (exact) mass is 264 g/mol. The summed E-state index contributed by atoms with van der Waals surface area (Å²) < 4.78 is 0. The third kappa shape index (κ3) is 3.89. The molecule has 19 heavy (non-hydrogen) atoms. The first-order chi connectivity index (χ1) is 9.16. The van der Waals surface area contributed by atoms with Crippen LogP contribution >= 0.6 is 0 Å². The number of nitro groups is 1. The Morgan fingerprint density at radius 1 is 1.47 bits per heavy atom. The molecule has 2 heterocycles. The van der Waals surface area contributed by atoms with E-state index in [-0.39, 0.29) is 11.7 Å². The van der Waals surface area contributed by atoms with Gasteiger partial charge in [-0.2, -0.15) is 0 Å². The fraction of sp³-hybridized carbons (Fsp3) is 0.615. The van der Waals surface area contributed by atoms with Crippen LogP contribution in [0.25, 0.3) is 0 Å². The summed E-state index contributed by atoms with van der Waals surface area (Å²) >= 11 is 0. The van der Waals surface area contributed by atoms with Crippen LogP contribution in [0.3, 0.4) is 0 Å². The third-order valence-electron chi connectivity index (χ3n) is 3.38. The van der Waals surface area contributed by atoms with Crippen LogP contribution in [0.2, 0.25) is 0 Å². The number of pyridine rings is 1. The van der Waals surface area contributed by atoms with Crippen LogP contribution in [0.5, 0.6) is 0 Å². The van der Waals surface area contributed by atoms with Gasteiger partial charge in [0.05, 0.1) is 4.92 Å². The molecule has 0 bridgehead atoms. The number of rotatable bonds is 5. The lowest BCUT2D eigenvalue weighted by atomic mass is 10.1. The molecule has 6 heteroatoms. The second-order valence-electron chi connectivity index (χ2n) is 5.06. The minimum absolute atomic E-state index is 0.0352. The number of aromatic nitrogens is 1. The van der Waals surface area contributed by atoms with E-state index in [0.29, 0.717) is 5.69 Å². The molecule has 0 spiro atoms. The van der Waals surface area contributed by atoms with Gasteiger partial charge in [-0.3, -0.25) is 15.1 Å². The molecule has 1 N–H and O–H groups in total. The zero-order valence-corrected chi connectivity index (χ0v) is 11.2. The highest BCUT2D eigenvalue weighted by molar-refractivity contribution is 5.59. The van der Waals surface area contributed by atoms with Crippen molar-refractivity contribution in [1.82, 2.24) is 9.88 Å². The molecule has 1 saturated heterocycles. The molecule has 1 atom stereocenters. The lowest BCUT2D eigenvalue weighted by molar-refractivity contribution is -0.384. The molecule has 1 aromatic heterocycles. The number of hydrogen-bond acceptors (Lipinski definition) is 5. The van der Waals surface area contributed by atoms with E-state index in [2.05, 4.69) is 22.1 Å². The Hall–Kier alpha value is -1.69. The van der Waals surface area contributed by atoms with E-state index in [0.717, 1.165) is 19.6 Å². The highest BCUT2D eigenvalue weighted by Crippen LogP contribution is 2.23. The topological polar surface area (TPSA) is 71.3 Å². The Kier molecular flexibility index (Phi) is 4.68. The molecular weight excluding hydrogens is 244 g/mol. The Labute approximate surface area is 113 Å². The quantitative estimate of drug-likeness (QED) is 0.652. The summed E-state index contributed by atoms with van der Waals surface area (Å²) in [5, 5.41) is 14.1. The maximum atomic E-state index is 10.9. The van der Waals surface area contributed by atoms with Gasteiger partial charge in [-0.15, -0.1) is 0 Å². The van der Waals surface area contributed by atoms with Gasteiger partial charge >= 0.3 is 5.69 Å². The van der Waals surface area contributed by atoms with Crippen LogP contribution in [-0.2, 0) is 0 Å². The molecule has 1 aromatic rings. The fourth-order valence-electron chi connectivity index (χ4n) is 2.49. The van der Waals surface area contributed by atoms with Crippen molar-refractivity contribution in [2.24, 2.45) is 0 Å². The Morgan fingerprint density at radius 2 is 2.21 bits per heavy atom. The molecule has 0 amide bonds. The maximum absolute atomic E-state index is 10.9. The first kappa shape index (κ1) is 13.7. The van der Waals surface area contributed by atoms with Crippen molar-refractivity contribution in [3.63, 3.8) is 0 Å². The van der Waals surface area contributed by atoms with Gasteiger partial charge in [0.25, 0.3) is 0 Å². The lowest BCUT2D eigenvalue weighted by Crippen LogP contribution is -2.38. The molecule has 1 fully saturated rings. The van der Waals surface area contributed by atoms with Crippen LogP contribution in [0.1, 0.15) is 26.2 Å². The maximum Gasteiger partial charge on any atom is 0.310 e. The number of likely N-dealkylation sites (tertiary alicyclic amines) is 1. The van der Waals surface area contributed by atoms with E-state index in [1.54, 1.807) is 12.3 Å². The van der Waals surface area contributed by atoms with Crippen molar-refractivity contribution in [3.05, 3.63) is 28.6 Å². The molecule has 0 radical (unpaired) electrons. The summed E-state index contributed by atoms with van der Waals surface area (Å²) in [7, 11) is 0. The largest absolute Gasteiger partial charge is 0.376 e. The van der Waals surface area contributed by atoms with Gasteiger partial charge in [0.15, 0.2) is 0 Å². The van der Waals surface area contributed by atoms with Gasteiger partial charge in [-0.1, -0.05) is 6.42 Å². The second-order valence-corrected chi connectivity index (χ2v) is 5.06. The van der Waals surface area contributed by atoms with Crippen LogP contribution in [0, 0.1) is 10.1 Å². The van der Waals surface area contributed by atoms with E-state index in [1.807, 2.05) is 0 Å². The SMILES string of the molecule is CC(CN1CCCCC1)Nc1ccncc1[N+](=O)[O-]. The summed E-state index contributed by atoms with van der Waals surface area (Å²) in [5.41, 5.74) is 0.581. The predicted octanol–water partition coefficient (Wildman–Crippen LogP) is 2.28. The van der Waals surface area contributed by atoms with E-state index >= 15 is 0 Å². The van der Waals surface area contributed by atoms with Crippen LogP contribution in [-0.4, -0.2) is 40.5 Å². The number of anilines is 1. The molecule has 0 aliphatic carbocycles. The van der Waals surface area contributed by atoms with E-state index in [4.69, 9.17) is 0 Å². The molecule has 1 unspecified atom stereocenters. The minimum atomic E-state index is -0.400. The first-order valence-electron chi connectivity index (χ1n) is 6.74. The fourth-order valence-corrected chi connectivity index (χ4v) is 2.49. The van der Waals surface area contributed by atoms with Crippen LogP contribution in [0.15, 0.2) is 18.5 Å². The zero-order chi connectivity index (χ0) is 13.7. The van der Waals surface area contributed by atoms with Gasteiger partial charge in [-0.05, 0) is 38.9 Å². The number of hydrogen-bond donors (Lipinski definition) is 1. The Bertz CT molecular complexity index is 432. The summed E-state index contributed by atoms with van der Waals surface area (Å²) in [6.45, 7) is 5.23. The third-order valence-corrected chi connectivity index (χ3v) is 3.38. The van der Waals surface area contributed by atoms with Gasteiger partial charge in [0, 0.05) is 18.8 Å². The van der Waals surface area contributed by atoms with E-state index in [1.165, 1.54) is 25.5 Å². The average Bonchev–Trinajstić information content (AvgIpc) is 2.40. The molecule has 104 valence electrons. The highest BCUT2D eigenvalue weighted by Gasteiger charge is 2.17. The van der Waals surface area contributed by atoms with Crippen molar-refractivity contribution in [2.45, 2.75) is 32.2 Å². The second kappa shape index (κ2) is 6.47. The van der Waals surface area contributed by atoms with Gasteiger partial charge in [-0.25, -0.2) is 0 Å². The van der Waals surface area contributed by atoms with Gasteiger partial charge < -0.3 is 10.2 Å². The molecule has 1 aliphatic heterocycles. The molecule has 6 nitrogen and oxygen atoms in total. The smallest absolute Gasteiger partial charge is 0.310 e. The van der Waals surface area contributed by atoms with Crippen molar-refractivity contribution in [3.8, 4) is 0 Å². The van der Waals surface area contributed by atoms with Gasteiger partial charge in [0.2, 0.25) is 0 Å². The summed E-state index contributed by atoms with van der Waals surface area (Å²) in [6.07, 6.45) is 6.68. The molecule has 0 saturated carbocycles. The van der Waals surface area contributed by atoms with E-state index in [9.17, 15) is 10.1 Å². The predicted molar refractivity (Wildman–Crippen MR) is 74.3 cm³/mol. The normalized spacial score (nSPS) is 17.9. The van der Waals surface area contributed by atoms with Crippen molar-refractivity contribution in [2.75, 3.05) is 25.0 Å². The van der Waals surface area contributed by atoms with Crippen molar-refractivity contribution in [1.29, 1.82) is 0 Å². The number of nitrogens with one attached hydrogen (secondary N) is 1. The summed E-state index contributed by atoms with van der Waals surface area (Å²) in [6, 6.07) is 1.84. The standard InChI is InChI=1S/C13H20N4O2/c1-11(10-16-7-3-2-4-8-16)15-12-5-6-14-9-13(12)17(18)19/h5-6,9,11H,2-4,7-8,10H2,1H3,(H,14,15). The van der Waals surface area contributed by atoms with Gasteiger partial charge in [0.1, 0.15) is 11.9 Å². The van der Waals surface area contributed by atoms with Crippen molar-refractivity contribution >= 4 is 11.4 Å². The first-order valence-corrected chi connectivity index (χ1v) is 6.74. The Balaban J connectivity index is 1.94. The molecule has 1 aliphatic rings.